The second kappa shape index (κ2) is 9.51. The van der Waals surface area contributed by atoms with Gasteiger partial charge in [-0.15, -0.1) is 13.2 Å². The van der Waals surface area contributed by atoms with Crippen molar-refractivity contribution in [3.63, 3.8) is 0 Å². The molecule has 0 aromatic heterocycles. The number of halogens is 3. The lowest BCUT2D eigenvalue weighted by atomic mass is 10.1. The summed E-state index contributed by atoms with van der Waals surface area (Å²) in [6.07, 6.45) is -4.79. The number of anilines is 1. The smallest absolute Gasteiger partial charge is 0.493 e. The van der Waals surface area contributed by atoms with Gasteiger partial charge in [0.2, 0.25) is 5.91 Å². The van der Waals surface area contributed by atoms with Gasteiger partial charge in [0.25, 0.3) is 0 Å². The summed E-state index contributed by atoms with van der Waals surface area (Å²) in [4.78, 5) is 14.2. The summed E-state index contributed by atoms with van der Waals surface area (Å²) < 4.78 is 52.2. The predicted molar refractivity (Wildman–Crippen MR) is 102 cm³/mol. The number of rotatable bonds is 8. The van der Waals surface area contributed by atoms with Crippen molar-refractivity contribution in [1.29, 1.82) is 0 Å². The molecule has 29 heavy (non-hydrogen) atoms. The molecule has 1 atom stereocenters. The van der Waals surface area contributed by atoms with Crippen LogP contribution in [0.1, 0.15) is 12.5 Å². The minimum absolute atomic E-state index is 0.0901. The molecule has 158 valence electrons. The highest BCUT2D eigenvalue weighted by atomic mass is 19.4. The Morgan fingerprint density at radius 3 is 2.34 bits per heavy atom. The molecule has 0 aliphatic heterocycles. The number of ether oxygens (including phenoxy) is 3. The van der Waals surface area contributed by atoms with Crippen LogP contribution in [0.4, 0.5) is 18.9 Å². The lowest BCUT2D eigenvalue weighted by Gasteiger charge is -2.25. The van der Waals surface area contributed by atoms with Crippen LogP contribution in [-0.2, 0) is 11.3 Å². The topological polar surface area (TPSA) is 60.0 Å². The van der Waals surface area contributed by atoms with E-state index < -0.39 is 12.4 Å². The molecule has 9 heteroatoms. The van der Waals surface area contributed by atoms with E-state index >= 15 is 0 Å². The molecule has 2 rings (SSSR count). The van der Waals surface area contributed by atoms with Crippen LogP contribution in [0.15, 0.2) is 42.5 Å². The summed E-state index contributed by atoms with van der Waals surface area (Å²) in [6.45, 7) is 1.75. The van der Waals surface area contributed by atoms with E-state index in [0.29, 0.717) is 22.7 Å². The third-order valence-corrected chi connectivity index (χ3v) is 4.31. The first-order valence-electron chi connectivity index (χ1n) is 8.71. The maximum Gasteiger partial charge on any atom is 0.573 e. The second-order valence-electron chi connectivity index (χ2n) is 6.31. The number of methoxy groups -OCH3 is 2. The molecule has 0 saturated heterocycles. The van der Waals surface area contributed by atoms with Crippen molar-refractivity contribution in [3.8, 4) is 17.2 Å². The number of benzene rings is 2. The van der Waals surface area contributed by atoms with Gasteiger partial charge < -0.3 is 19.5 Å². The number of nitrogens with zero attached hydrogens (tertiary/aromatic N) is 1. The van der Waals surface area contributed by atoms with Crippen LogP contribution in [0, 0.1) is 0 Å². The Morgan fingerprint density at radius 2 is 1.72 bits per heavy atom. The number of para-hydroxylation sites is 1. The molecule has 0 radical (unpaired) electrons. The van der Waals surface area contributed by atoms with Gasteiger partial charge in [0.05, 0.1) is 20.3 Å². The molecule has 0 fully saturated rings. The SMILES string of the molecule is COc1ccc(NC(=O)C(C)N(C)Cc2ccccc2OC(F)(F)F)cc1OC. The van der Waals surface area contributed by atoms with Gasteiger partial charge >= 0.3 is 6.36 Å². The highest BCUT2D eigenvalue weighted by Crippen LogP contribution is 2.30. The fraction of sp³-hybridized carbons (Fsp3) is 0.350. The molecule has 0 aliphatic carbocycles. The first kappa shape index (κ1) is 22.4. The molecule has 1 amide bonds. The van der Waals surface area contributed by atoms with Gasteiger partial charge in [-0.25, -0.2) is 0 Å². The fourth-order valence-corrected chi connectivity index (χ4v) is 2.63. The normalized spacial score (nSPS) is 12.4. The number of carbonyl (C=O) groups excluding carboxylic acids is 1. The predicted octanol–water partition coefficient (Wildman–Crippen LogP) is 4.06. The molecule has 0 heterocycles. The zero-order valence-corrected chi connectivity index (χ0v) is 16.5. The van der Waals surface area contributed by atoms with E-state index in [2.05, 4.69) is 10.1 Å². The average molecular weight is 412 g/mol. The quantitative estimate of drug-likeness (QED) is 0.709. The number of amides is 1. The number of likely N-dealkylation sites (N-methyl/N-ethyl adjacent to an activating group) is 1. The van der Waals surface area contributed by atoms with Crippen molar-refractivity contribution in [1.82, 2.24) is 4.90 Å². The number of carbonyl (C=O) groups is 1. The Labute approximate surface area is 167 Å². The van der Waals surface area contributed by atoms with E-state index in [9.17, 15) is 18.0 Å². The molecular formula is C20H23F3N2O4. The molecule has 2 aromatic rings. The Balaban J connectivity index is 2.07. The minimum atomic E-state index is -4.79. The largest absolute Gasteiger partial charge is 0.573 e. The first-order valence-corrected chi connectivity index (χ1v) is 8.71. The van der Waals surface area contributed by atoms with Gasteiger partial charge in [-0.05, 0) is 32.2 Å². The number of alkyl halides is 3. The van der Waals surface area contributed by atoms with Crippen LogP contribution in [0.3, 0.4) is 0 Å². The molecule has 1 unspecified atom stereocenters. The Kier molecular flexibility index (Phi) is 7.33. The van der Waals surface area contributed by atoms with E-state index in [-0.39, 0.29) is 18.2 Å². The Hall–Kier alpha value is -2.94. The number of hydrogen-bond donors (Lipinski definition) is 1. The maximum absolute atomic E-state index is 12.6. The van der Waals surface area contributed by atoms with Crippen LogP contribution < -0.4 is 19.5 Å². The summed E-state index contributed by atoms with van der Waals surface area (Å²) in [5, 5.41) is 2.76. The number of hydrogen-bond acceptors (Lipinski definition) is 5. The van der Waals surface area contributed by atoms with E-state index in [0.717, 1.165) is 0 Å². The zero-order valence-electron chi connectivity index (χ0n) is 16.5. The van der Waals surface area contributed by atoms with Gasteiger partial charge in [-0.1, -0.05) is 18.2 Å². The summed E-state index contributed by atoms with van der Waals surface area (Å²) in [7, 11) is 4.64. The lowest BCUT2D eigenvalue weighted by Crippen LogP contribution is -2.39. The van der Waals surface area contributed by atoms with Crippen molar-refractivity contribution in [2.24, 2.45) is 0 Å². The fourth-order valence-electron chi connectivity index (χ4n) is 2.63. The van der Waals surface area contributed by atoms with Crippen molar-refractivity contribution in [2.75, 3.05) is 26.6 Å². The molecule has 1 N–H and O–H groups in total. The van der Waals surface area contributed by atoms with E-state index in [1.165, 1.54) is 32.4 Å². The minimum Gasteiger partial charge on any atom is -0.493 e. The molecule has 0 spiro atoms. The van der Waals surface area contributed by atoms with Gasteiger partial charge in [0.1, 0.15) is 5.75 Å². The Morgan fingerprint density at radius 1 is 1.07 bits per heavy atom. The van der Waals surface area contributed by atoms with Crippen molar-refractivity contribution in [3.05, 3.63) is 48.0 Å². The van der Waals surface area contributed by atoms with Gasteiger partial charge in [-0.2, -0.15) is 0 Å². The third-order valence-electron chi connectivity index (χ3n) is 4.31. The highest BCUT2D eigenvalue weighted by Gasteiger charge is 2.32. The van der Waals surface area contributed by atoms with Crippen LogP contribution in [-0.4, -0.2) is 44.5 Å². The van der Waals surface area contributed by atoms with Crippen molar-refractivity contribution in [2.45, 2.75) is 25.9 Å². The Bertz CT molecular complexity index is 843. The summed E-state index contributed by atoms with van der Waals surface area (Å²) in [5.41, 5.74) is 0.826. The van der Waals surface area contributed by atoms with Crippen molar-refractivity contribution < 1.29 is 32.2 Å². The number of nitrogens with one attached hydrogen (secondary N) is 1. The third kappa shape index (κ3) is 6.28. The standard InChI is InChI=1S/C20H23F3N2O4/c1-13(19(26)24-15-9-10-17(27-3)18(11-15)28-4)25(2)12-14-7-5-6-8-16(14)29-20(21,22)23/h5-11,13H,12H2,1-4H3,(H,24,26). The van der Waals surface area contributed by atoms with Gasteiger partial charge in [0, 0.05) is 23.9 Å². The summed E-state index contributed by atoms with van der Waals surface area (Å²) in [6, 6.07) is 10.2. The van der Waals surface area contributed by atoms with E-state index in [4.69, 9.17) is 9.47 Å². The average Bonchev–Trinajstić information content (AvgIpc) is 2.67. The molecule has 0 saturated carbocycles. The molecule has 0 bridgehead atoms. The maximum atomic E-state index is 12.6. The van der Waals surface area contributed by atoms with E-state index in [1.54, 1.807) is 43.1 Å². The summed E-state index contributed by atoms with van der Waals surface area (Å²) >= 11 is 0. The second-order valence-corrected chi connectivity index (χ2v) is 6.31. The zero-order chi connectivity index (χ0) is 21.6. The van der Waals surface area contributed by atoms with E-state index in [1.807, 2.05) is 0 Å². The molecule has 6 nitrogen and oxygen atoms in total. The van der Waals surface area contributed by atoms with Crippen LogP contribution >= 0.6 is 0 Å². The van der Waals surface area contributed by atoms with Crippen molar-refractivity contribution >= 4 is 11.6 Å². The highest BCUT2D eigenvalue weighted by molar-refractivity contribution is 5.94. The van der Waals surface area contributed by atoms with Gasteiger partial charge in [-0.3, -0.25) is 9.69 Å². The summed E-state index contributed by atoms with van der Waals surface area (Å²) in [5.74, 6) is 0.370. The lowest BCUT2D eigenvalue weighted by molar-refractivity contribution is -0.275. The van der Waals surface area contributed by atoms with Gasteiger partial charge in [0.15, 0.2) is 11.5 Å². The van der Waals surface area contributed by atoms with Crippen LogP contribution in [0.2, 0.25) is 0 Å². The van der Waals surface area contributed by atoms with Crippen LogP contribution in [0.5, 0.6) is 17.2 Å². The monoisotopic (exact) mass is 412 g/mol. The molecule has 0 aliphatic rings. The molecular weight excluding hydrogens is 389 g/mol. The van der Waals surface area contributed by atoms with Crippen LogP contribution in [0.25, 0.3) is 0 Å². The first-order chi connectivity index (χ1) is 13.6. The molecule has 2 aromatic carbocycles.